The number of hydrogen-bond acceptors (Lipinski definition) is 5. The molecule has 0 aliphatic carbocycles. The molecule has 0 saturated carbocycles. The summed E-state index contributed by atoms with van der Waals surface area (Å²) in [5.41, 5.74) is 0. The van der Waals surface area contributed by atoms with Crippen LogP contribution < -0.4 is 0 Å². The summed E-state index contributed by atoms with van der Waals surface area (Å²) in [5, 5.41) is 0. The van der Waals surface area contributed by atoms with E-state index in [4.69, 9.17) is 4.52 Å². The summed E-state index contributed by atoms with van der Waals surface area (Å²) in [6, 6.07) is 0. The summed E-state index contributed by atoms with van der Waals surface area (Å²) in [7, 11) is -0.679. The van der Waals surface area contributed by atoms with Crippen molar-refractivity contribution in [2.45, 2.75) is 6.42 Å². The average Bonchev–Trinajstić information content (AvgIpc) is 2.05. The van der Waals surface area contributed by atoms with Gasteiger partial charge in [0.1, 0.15) is 0 Å². The molecule has 0 aliphatic rings. The van der Waals surface area contributed by atoms with Gasteiger partial charge in [-0.1, -0.05) is 0 Å². The van der Waals surface area contributed by atoms with Crippen LogP contribution >= 0.6 is 20.5 Å². The fraction of sp³-hybridized carbons (Fsp3) is 1.00. The first-order valence-corrected chi connectivity index (χ1v) is 5.24. The van der Waals surface area contributed by atoms with Crippen molar-refractivity contribution in [2.24, 2.45) is 0 Å². The van der Waals surface area contributed by atoms with E-state index in [9.17, 15) is 4.57 Å². The van der Waals surface area contributed by atoms with Crippen LogP contribution in [-0.2, 0) is 18.1 Å². The van der Waals surface area contributed by atoms with Gasteiger partial charge in [0.2, 0.25) is 0 Å². The van der Waals surface area contributed by atoms with Crippen molar-refractivity contribution < 1.29 is 18.1 Å². The molecule has 6 heteroatoms. The zero-order valence-corrected chi connectivity index (χ0v) is 8.44. The highest BCUT2D eigenvalue weighted by Crippen LogP contribution is 2.47. The van der Waals surface area contributed by atoms with Gasteiger partial charge in [0.15, 0.2) is 0 Å². The molecule has 0 unspecified atom stereocenters. The van der Waals surface area contributed by atoms with Crippen LogP contribution in [0.4, 0.5) is 0 Å². The van der Waals surface area contributed by atoms with Gasteiger partial charge in [0.25, 0.3) is 0 Å². The van der Waals surface area contributed by atoms with Crippen LogP contribution in [0.5, 0.6) is 0 Å². The average molecular weight is 200 g/mol. The first kappa shape index (κ1) is 11.5. The molecule has 68 valence electrons. The smallest absolute Gasteiger partial charge is 0.290 e. The zero-order valence-electron chi connectivity index (χ0n) is 6.65. The summed E-state index contributed by atoms with van der Waals surface area (Å²) in [6.07, 6.45) is 0.722. The van der Waals surface area contributed by atoms with E-state index in [-0.39, 0.29) is 0 Å². The molecule has 4 nitrogen and oxygen atoms in total. The molecule has 0 amide bonds. The maximum Gasteiger partial charge on any atom is 0.474 e. The molecule has 0 aromatic carbocycles. The van der Waals surface area contributed by atoms with Gasteiger partial charge in [-0.3, -0.25) is 13.6 Å². The van der Waals surface area contributed by atoms with Crippen molar-refractivity contribution in [3.63, 3.8) is 0 Å². The maximum atomic E-state index is 11.1. The molecule has 0 rings (SSSR count). The van der Waals surface area contributed by atoms with Gasteiger partial charge in [-0.05, 0) is 12.2 Å². The largest absolute Gasteiger partial charge is 0.474 e. The van der Waals surface area contributed by atoms with Crippen LogP contribution in [0.15, 0.2) is 0 Å². The number of thiol groups is 1. The van der Waals surface area contributed by atoms with Crippen molar-refractivity contribution in [1.29, 1.82) is 0 Å². The Balaban J connectivity index is 3.61. The van der Waals surface area contributed by atoms with Crippen LogP contribution in [0, 0.1) is 0 Å². The molecular formula is C5H13O4PS. The molecule has 11 heavy (non-hydrogen) atoms. The lowest BCUT2D eigenvalue weighted by atomic mass is 10.5. The topological polar surface area (TPSA) is 44.8 Å². The third kappa shape index (κ3) is 4.82. The lowest BCUT2D eigenvalue weighted by Crippen LogP contribution is -1.97. The second-order valence-corrected chi connectivity index (χ2v) is 4.05. The van der Waals surface area contributed by atoms with Gasteiger partial charge in [0.05, 0.1) is 6.61 Å². The minimum Gasteiger partial charge on any atom is -0.290 e. The van der Waals surface area contributed by atoms with Gasteiger partial charge < -0.3 is 0 Å². The summed E-state index contributed by atoms with van der Waals surface area (Å²) in [6.45, 7) is 0.336. The molecule has 0 bridgehead atoms. The van der Waals surface area contributed by atoms with E-state index in [0.717, 1.165) is 6.42 Å². The van der Waals surface area contributed by atoms with Gasteiger partial charge in [0, 0.05) is 14.2 Å². The predicted molar refractivity (Wildman–Crippen MR) is 46.0 cm³/mol. The second kappa shape index (κ2) is 6.03. The van der Waals surface area contributed by atoms with Crippen LogP contribution in [-0.4, -0.2) is 26.6 Å². The first-order chi connectivity index (χ1) is 5.18. The maximum absolute atomic E-state index is 11.1. The van der Waals surface area contributed by atoms with Crippen molar-refractivity contribution in [1.82, 2.24) is 0 Å². The molecule has 0 atom stereocenters. The Labute approximate surface area is 72.2 Å². The molecule has 0 N–H and O–H groups in total. The standard InChI is InChI=1S/C5H13O4PS/c1-7-10(6,8-2)9-4-3-5-11/h11H,3-5H2,1-2H3. The van der Waals surface area contributed by atoms with Gasteiger partial charge in [-0.15, -0.1) is 0 Å². The minimum atomic E-state index is -3.24. The third-order valence-electron chi connectivity index (χ3n) is 0.999. The highest BCUT2D eigenvalue weighted by atomic mass is 32.1. The third-order valence-corrected chi connectivity index (χ3v) is 2.71. The van der Waals surface area contributed by atoms with E-state index in [1.165, 1.54) is 14.2 Å². The van der Waals surface area contributed by atoms with Crippen molar-refractivity contribution in [3.8, 4) is 0 Å². The van der Waals surface area contributed by atoms with E-state index in [2.05, 4.69) is 21.7 Å². The van der Waals surface area contributed by atoms with Crippen LogP contribution in [0.3, 0.4) is 0 Å². The highest BCUT2D eigenvalue weighted by molar-refractivity contribution is 7.80. The SMILES string of the molecule is COP(=O)(OC)OCCCS. The molecule has 0 saturated heterocycles. The molecule has 0 aromatic rings. The Hall–Kier alpha value is 0.460. The Kier molecular flexibility index (Phi) is 6.28. The van der Waals surface area contributed by atoms with Crippen LogP contribution in [0.2, 0.25) is 0 Å². The lowest BCUT2D eigenvalue weighted by molar-refractivity contribution is 0.153. The molecular weight excluding hydrogens is 187 g/mol. The zero-order chi connectivity index (χ0) is 8.74. The normalized spacial score (nSPS) is 11.9. The number of hydrogen-bond donors (Lipinski definition) is 1. The van der Waals surface area contributed by atoms with E-state index < -0.39 is 7.82 Å². The summed E-state index contributed by atoms with van der Waals surface area (Å²) < 4.78 is 25.0. The van der Waals surface area contributed by atoms with E-state index in [1.807, 2.05) is 0 Å². The Morgan fingerprint density at radius 2 is 1.91 bits per heavy atom. The molecule has 0 fully saturated rings. The van der Waals surface area contributed by atoms with E-state index in [1.54, 1.807) is 0 Å². The monoisotopic (exact) mass is 200 g/mol. The molecule has 0 aromatic heterocycles. The Morgan fingerprint density at radius 1 is 1.36 bits per heavy atom. The molecule has 0 radical (unpaired) electrons. The van der Waals surface area contributed by atoms with Crippen LogP contribution in [0.1, 0.15) is 6.42 Å². The van der Waals surface area contributed by atoms with E-state index in [0.29, 0.717) is 12.4 Å². The minimum absolute atomic E-state index is 0.336. The molecule has 0 aliphatic heterocycles. The highest BCUT2D eigenvalue weighted by Gasteiger charge is 2.21. The summed E-state index contributed by atoms with van der Waals surface area (Å²) in [4.78, 5) is 0. The number of phosphoric ester groups is 1. The Morgan fingerprint density at radius 3 is 2.27 bits per heavy atom. The van der Waals surface area contributed by atoms with Gasteiger partial charge >= 0.3 is 7.82 Å². The van der Waals surface area contributed by atoms with E-state index >= 15 is 0 Å². The quantitative estimate of drug-likeness (QED) is 0.403. The number of phosphoric acid groups is 1. The van der Waals surface area contributed by atoms with Gasteiger partial charge in [-0.2, -0.15) is 12.6 Å². The Bertz CT molecular complexity index is 132. The summed E-state index contributed by atoms with van der Waals surface area (Å²) in [5.74, 6) is 0.688. The fourth-order valence-corrected chi connectivity index (χ4v) is 1.26. The van der Waals surface area contributed by atoms with Crippen LogP contribution in [0.25, 0.3) is 0 Å². The lowest BCUT2D eigenvalue weighted by Gasteiger charge is -2.12. The molecule has 0 spiro atoms. The fourth-order valence-electron chi connectivity index (χ4n) is 0.421. The van der Waals surface area contributed by atoms with Crippen molar-refractivity contribution in [3.05, 3.63) is 0 Å². The summed E-state index contributed by atoms with van der Waals surface area (Å²) >= 11 is 3.96. The second-order valence-electron chi connectivity index (χ2n) is 1.72. The van der Waals surface area contributed by atoms with Crippen molar-refractivity contribution in [2.75, 3.05) is 26.6 Å². The molecule has 0 heterocycles. The number of rotatable bonds is 6. The predicted octanol–water partition coefficient (Wildman–Crippen LogP) is 1.72. The van der Waals surface area contributed by atoms with Gasteiger partial charge in [-0.25, -0.2) is 4.57 Å². The first-order valence-electron chi connectivity index (χ1n) is 3.15. The van der Waals surface area contributed by atoms with Crippen molar-refractivity contribution >= 4 is 20.5 Å².